The molecule has 0 bridgehead atoms. The van der Waals surface area contributed by atoms with Gasteiger partial charge in [0.15, 0.2) is 0 Å². The molecule has 35 heavy (non-hydrogen) atoms. The van der Waals surface area contributed by atoms with Gasteiger partial charge in [0.2, 0.25) is 0 Å². The smallest absolute Gasteiger partial charge is 0.351 e. The Hall–Kier alpha value is -4.17. The van der Waals surface area contributed by atoms with Crippen LogP contribution in [-0.4, -0.2) is 33.8 Å². The number of carbonyl (C=O) groups excluding carboxylic acids is 1. The number of ether oxygens (including phenoxy) is 1. The minimum Gasteiger partial charge on any atom is -0.478 e. The van der Waals surface area contributed by atoms with Crippen LogP contribution < -0.4 is 10.9 Å². The molecule has 0 spiro atoms. The fourth-order valence-electron chi connectivity index (χ4n) is 3.76. The number of benzene rings is 3. The second-order valence-electron chi connectivity index (χ2n) is 8.13. The Morgan fingerprint density at radius 3 is 2.23 bits per heavy atom. The Morgan fingerprint density at radius 1 is 0.943 bits per heavy atom. The molecule has 178 valence electrons. The van der Waals surface area contributed by atoms with Crippen molar-refractivity contribution in [1.29, 1.82) is 0 Å². The largest absolute Gasteiger partial charge is 0.478 e. The maximum atomic E-state index is 14.5. The minimum atomic E-state index is -3.27. The maximum Gasteiger partial charge on any atom is 0.351 e. The van der Waals surface area contributed by atoms with Crippen LogP contribution >= 0.6 is 0 Å². The van der Waals surface area contributed by atoms with Gasteiger partial charge in [0.25, 0.3) is 17.1 Å². The molecule has 0 unspecified atom stereocenters. The number of amides is 1. The number of halogens is 1. The van der Waals surface area contributed by atoms with Crippen molar-refractivity contribution < 1.29 is 23.8 Å². The lowest BCUT2D eigenvalue weighted by Gasteiger charge is -2.09. The number of aliphatic carboxylic acids is 1. The Morgan fingerprint density at radius 2 is 1.54 bits per heavy atom. The molecule has 1 atom stereocenters. The van der Waals surface area contributed by atoms with Crippen molar-refractivity contribution in [3.63, 3.8) is 0 Å². The molecule has 1 amide bonds. The van der Waals surface area contributed by atoms with Gasteiger partial charge in [0.1, 0.15) is 5.36 Å². The van der Waals surface area contributed by atoms with Crippen LogP contribution in [0.3, 0.4) is 0 Å². The van der Waals surface area contributed by atoms with Crippen LogP contribution in [0, 0.1) is 0 Å². The lowest BCUT2D eigenvalue weighted by atomic mass is 10.1. The predicted molar refractivity (Wildman–Crippen MR) is 130 cm³/mol. The van der Waals surface area contributed by atoms with Crippen molar-refractivity contribution in [1.82, 2.24) is 4.57 Å². The van der Waals surface area contributed by atoms with Gasteiger partial charge < -0.3 is 14.4 Å². The average Bonchev–Trinajstić information content (AvgIpc) is 2.96. The van der Waals surface area contributed by atoms with Gasteiger partial charge in [0.05, 0.1) is 18.7 Å². The molecule has 0 aliphatic rings. The van der Waals surface area contributed by atoms with E-state index in [1.807, 2.05) is 42.5 Å². The second-order valence-corrected chi connectivity index (χ2v) is 8.13. The van der Waals surface area contributed by atoms with E-state index in [4.69, 9.17) is 9.84 Å². The normalized spacial score (nSPS) is 13.6. The number of carboxylic acid groups (broad SMARTS) is 1. The van der Waals surface area contributed by atoms with E-state index < -0.39 is 23.1 Å². The molecule has 4 aromatic rings. The van der Waals surface area contributed by atoms with E-state index in [9.17, 15) is 18.8 Å². The fraction of sp³-hybridized carbons (Fsp3) is 0.185. The summed E-state index contributed by atoms with van der Waals surface area (Å²) in [6.07, 6.45) is 0. The molecule has 0 saturated heterocycles. The van der Waals surface area contributed by atoms with E-state index in [1.165, 1.54) is 4.57 Å². The van der Waals surface area contributed by atoms with Crippen molar-refractivity contribution in [2.75, 3.05) is 6.61 Å². The number of carboxylic acids is 1. The number of carbonyl (C=O) groups is 2. The van der Waals surface area contributed by atoms with Crippen molar-refractivity contribution in [2.24, 2.45) is 4.99 Å². The Kier molecular flexibility index (Phi) is 6.84. The van der Waals surface area contributed by atoms with Crippen LogP contribution in [0.1, 0.15) is 12.5 Å². The summed E-state index contributed by atoms with van der Waals surface area (Å²) in [7, 11) is 0. The zero-order valence-electron chi connectivity index (χ0n) is 19.0. The molecule has 0 saturated carbocycles. The van der Waals surface area contributed by atoms with Crippen LogP contribution in [0.15, 0.2) is 88.6 Å². The average molecular weight is 474 g/mol. The number of hydrogen-bond acceptors (Lipinski definition) is 4. The molecule has 8 heteroatoms. The highest BCUT2D eigenvalue weighted by molar-refractivity contribution is 6.07. The van der Waals surface area contributed by atoms with Crippen molar-refractivity contribution in [3.8, 4) is 0 Å². The van der Waals surface area contributed by atoms with Crippen molar-refractivity contribution in [3.05, 3.63) is 100 Å². The van der Waals surface area contributed by atoms with E-state index in [1.54, 1.807) is 36.4 Å². The number of fused-ring (bicyclic) bond motifs is 3. The van der Waals surface area contributed by atoms with Gasteiger partial charge in [-0.05, 0) is 23.9 Å². The van der Waals surface area contributed by atoms with Crippen LogP contribution in [0.2, 0.25) is 0 Å². The highest BCUT2D eigenvalue weighted by Gasteiger charge is 2.41. The molecule has 3 aromatic carbocycles. The fourth-order valence-corrected chi connectivity index (χ4v) is 3.76. The maximum absolute atomic E-state index is 14.5. The van der Waals surface area contributed by atoms with E-state index >= 15 is 0 Å². The Bertz CT molecular complexity index is 1540. The van der Waals surface area contributed by atoms with Gasteiger partial charge >= 0.3 is 5.97 Å². The van der Waals surface area contributed by atoms with E-state index in [-0.39, 0.29) is 18.5 Å². The van der Waals surface area contributed by atoms with E-state index in [0.29, 0.717) is 29.8 Å². The SMILES string of the molecule is C[C@@](F)(C(=O)O)C(=O)N=c1c(=O)n(CCOCc2ccccc2)c2ccccc2c2ccccc12. The number of hydrogen-bond donors (Lipinski definition) is 1. The molecule has 0 fully saturated rings. The standard InChI is InChI=1S/C27H23FN2O5/c1-27(28,26(33)34)25(32)29-23-21-13-6-5-11-19(21)20-12-7-8-14-22(20)30(24(23)31)15-16-35-17-18-9-3-2-4-10-18/h2-14H,15-17H2,1H3,(H,33,34)/t27-/m0/s1. The molecule has 0 aliphatic carbocycles. The highest BCUT2D eigenvalue weighted by atomic mass is 19.1. The van der Waals surface area contributed by atoms with Crippen molar-refractivity contribution in [2.45, 2.75) is 25.7 Å². The number of para-hydroxylation sites is 1. The molecule has 7 nitrogen and oxygen atoms in total. The van der Waals surface area contributed by atoms with Gasteiger partial charge in [-0.25, -0.2) is 14.2 Å². The molecule has 1 heterocycles. The van der Waals surface area contributed by atoms with Crippen LogP contribution in [-0.2, 0) is 27.5 Å². The lowest BCUT2D eigenvalue weighted by molar-refractivity contribution is -0.155. The van der Waals surface area contributed by atoms with Crippen LogP contribution in [0.25, 0.3) is 21.7 Å². The third-order valence-electron chi connectivity index (χ3n) is 5.70. The topological polar surface area (TPSA) is 98.0 Å². The summed E-state index contributed by atoms with van der Waals surface area (Å²) < 4.78 is 21.7. The summed E-state index contributed by atoms with van der Waals surface area (Å²) in [6, 6.07) is 23.6. The number of aromatic nitrogens is 1. The molecular weight excluding hydrogens is 451 g/mol. The van der Waals surface area contributed by atoms with Gasteiger partial charge in [0, 0.05) is 17.3 Å². The Balaban J connectivity index is 1.89. The summed E-state index contributed by atoms with van der Waals surface area (Å²) in [5, 5.41) is 10.4. The zero-order chi connectivity index (χ0) is 25.0. The molecular formula is C27H23FN2O5. The predicted octanol–water partition coefficient (Wildman–Crippen LogP) is 3.61. The number of alkyl halides is 1. The van der Waals surface area contributed by atoms with Crippen LogP contribution in [0.4, 0.5) is 4.39 Å². The zero-order valence-corrected chi connectivity index (χ0v) is 19.0. The summed E-state index contributed by atoms with van der Waals surface area (Å²) in [6.45, 7) is 1.28. The summed E-state index contributed by atoms with van der Waals surface area (Å²) >= 11 is 0. The third kappa shape index (κ3) is 4.88. The molecule has 0 aliphatic heterocycles. The highest BCUT2D eigenvalue weighted by Crippen LogP contribution is 2.21. The molecule has 1 N–H and O–H groups in total. The first-order valence-corrected chi connectivity index (χ1v) is 11.0. The van der Waals surface area contributed by atoms with Crippen molar-refractivity contribution >= 4 is 33.6 Å². The van der Waals surface area contributed by atoms with Gasteiger partial charge in [-0.2, -0.15) is 0 Å². The molecule has 4 rings (SSSR count). The molecule has 1 aromatic heterocycles. The Labute approximate surface area is 199 Å². The van der Waals surface area contributed by atoms with Gasteiger partial charge in [-0.15, -0.1) is 0 Å². The monoisotopic (exact) mass is 474 g/mol. The summed E-state index contributed by atoms with van der Waals surface area (Å²) in [5.41, 5.74) is -2.37. The second kappa shape index (κ2) is 9.99. The summed E-state index contributed by atoms with van der Waals surface area (Å²) in [5.74, 6) is -3.54. The third-order valence-corrected chi connectivity index (χ3v) is 5.70. The quantitative estimate of drug-likeness (QED) is 0.326. The minimum absolute atomic E-state index is 0.135. The van der Waals surface area contributed by atoms with E-state index in [2.05, 4.69) is 4.99 Å². The number of nitrogens with zero attached hydrogens (tertiary/aromatic N) is 2. The molecule has 0 radical (unpaired) electrons. The van der Waals surface area contributed by atoms with Gasteiger partial charge in [-0.1, -0.05) is 72.8 Å². The summed E-state index contributed by atoms with van der Waals surface area (Å²) in [4.78, 5) is 41.2. The lowest BCUT2D eigenvalue weighted by Crippen LogP contribution is -2.41. The van der Waals surface area contributed by atoms with Crippen LogP contribution in [0.5, 0.6) is 0 Å². The van der Waals surface area contributed by atoms with Gasteiger partial charge in [-0.3, -0.25) is 9.59 Å². The first kappa shape index (κ1) is 24.0. The number of rotatable bonds is 7. The van der Waals surface area contributed by atoms with E-state index in [0.717, 1.165) is 10.9 Å². The first-order chi connectivity index (χ1) is 16.8. The first-order valence-electron chi connectivity index (χ1n) is 11.0.